The summed E-state index contributed by atoms with van der Waals surface area (Å²) in [5, 5.41) is 9.89. The number of nitrogens with zero attached hydrogens (tertiary/aromatic N) is 3. The maximum atomic E-state index is 9.89. The van der Waals surface area contributed by atoms with E-state index in [-0.39, 0.29) is 12.0 Å². The molecule has 1 aromatic rings. The highest BCUT2D eigenvalue weighted by Crippen LogP contribution is 2.34. The van der Waals surface area contributed by atoms with Crippen molar-refractivity contribution in [2.45, 2.75) is 46.6 Å². The quantitative estimate of drug-likeness (QED) is 0.847. The highest BCUT2D eigenvalue weighted by Gasteiger charge is 2.34. The minimum atomic E-state index is 0.00758. The van der Waals surface area contributed by atoms with Gasteiger partial charge in [0.25, 0.3) is 0 Å². The number of rotatable bonds is 5. The second-order valence-electron chi connectivity index (χ2n) is 6.61. The summed E-state index contributed by atoms with van der Waals surface area (Å²) in [7, 11) is 0. The van der Waals surface area contributed by atoms with Gasteiger partial charge < -0.3 is 5.11 Å². The second-order valence-corrected chi connectivity index (χ2v) is 6.61. The summed E-state index contributed by atoms with van der Waals surface area (Å²) in [4.78, 5) is 11.2. The van der Waals surface area contributed by atoms with Gasteiger partial charge in [0, 0.05) is 30.9 Å². The number of aromatic nitrogens is 2. The fourth-order valence-corrected chi connectivity index (χ4v) is 2.96. The molecule has 0 radical (unpaired) electrons. The molecule has 0 bridgehead atoms. The molecule has 0 saturated carbocycles. The van der Waals surface area contributed by atoms with Crippen LogP contribution in [-0.4, -0.2) is 39.7 Å². The third-order valence-electron chi connectivity index (χ3n) is 4.24. The number of aliphatic hydroxyl groups is 1. The van der Waals surface area contributed by atoms with E-state index < -0.39 is 0 Å². The van der Waals surface area contributed by atoms with Gasteiger partial charge in [-0.05, 0) is 46.6 Å². The number of aryl methyl sites for hydroxylation is 1. The molecule has 0 spiro atoms. The van der Waals surface area contributed by atoms with E-state index in [0.717, 1.165) is 50.3 Å². The molecule has 0 aliphatic carbocycles. The van der Waals surface area contributed by atoms with Gasteiger partial charge in [-0.25, -0.2) is 0 Å². The predicted molar refractivity (Wildman–Crippen MR) is 84.8 cm³/mol. The van der Waals surface area contributed by atoms with Crippen LogP contribution >= 0.6 is 0 Å². The normalized spacial score (nSPS) is 23.0. The molecule has 1 aromatic heterocycles. The van der Waals surface area contributed by atoms with E-state index in [1.54, 1.807) is 0 Å². The van der Waals surface area contributed by atoms with Crippen LogP contribution in [0.3, 0.4) is 0 Å². The van der Waals surface area contributed by atoms with Gasteiger partial charge in [-0.15, -0.1) is 0 Å². The van der Waals surface area contributed by atoms with E-state index in [2.05, 4.69) is 34.8 Å². The number of likely N-dealkylation sites (tertiary alicyclic amines) is 1. The largest absolute Gasteiger partial charge is 0.396 e. The molecular weight excluding hydrogens is 262 g/mol. The molecule has 21 heavy (non-hydrogen) atoms. The van der Waals surface area contributed by atoms with Gasteiger partial charge in [0.1, 0.15) is 0 Å². The van der Waals surface area contributed by atoms with E-state index >= 15 is 0 Å². The molecule has 116 valence electrons. The third-order valence-corrected chi connectivity index (χ3v) is 4.24. The van der Waals surface area contributed by atoms with Crippen molar-refractivity contribution in [2.24, 2.45) is 5.41 Å². The van der Waals surface area contributed by atoms with Crippen molar-refractivity contribution in [3.05, 3.63) is 35.4 Å². The number of piperidine rings is 1. The van der Waals surface area contributed by atoms with Crippen LogP contribution in [0.2, 0.25) is 0 Å². The molecule has 0 aromatic carbocycles. The van der Waals surface area contributed by atoms with Crippen LogP contribution in [0, 0.1) is 12.3 Å². The van der Waals surface area contributed by atoms with Crippen molar-refractivity contribution < 1.29 is 5.11 Å². The van der Waals surface area contributed by atoms with Crippen molar-refractivity contribution in [3.63, 3.8) is 0 Å². The first-order valence-electron chi connectivity index (χ1n) is 7.77. The Hall–Kier alpha value is -1.26. The molecule has 4 nitrogen and oxygen atoms in total. The predicted octanol–water partition coefficient (Wildman–Crippen LogP) is 2.72. The number of allylic oxidation sites excluding steroid dienone is 2. The third kappa shape index (κ3) is 4.61. The lowest BCUT2D eigenvalue weighted by molar-refractivity contribution is 0.0301. The highest BCUT2D eigenvalue weighted by atomic mass is 16.3. The first-order chi connectivity index (χ1) is 10.0. The van der Waals surface area contributed by atoms with E-state index in [1.807, 2.05) is 19.3 Å². The summed E-state index contributed by atoms with van der Waals surface area (Å²) >= 11 is 0. The van der Waals surface area contributed by atoms with Crippen molar-refractivity contribution >= 4 is 0 Å². The molecule has 1 aliphatic heterocycles. The molecular formula is C17H27N3O. The van der Waals surface area contributed by atoms with Crippen LogP contribution in [0.4, 0.5) is 0 Å². The summed E-state index contributed by atoms with van der Waals surface area (Å²) < 4.78 is 0. The van der Waals surface area contributed by atoms with Gasteiger partial charge in [0.2, 0.25) is 0 Å². The van der Waals surface area contributed by atoms with Gasteiger partial charge in [0.15, 0.2) is 0 Å². The summed E-state index contributed by atoms with van der Waals surface area (Å²) in [5.74, 6) is 0. The average molecular weight is 289 g/mol. The lowest BCUT2D eigenvalue weighted by Gasteiger charge is -2.41. The van der Waals surface area contributed by atoms with E-state index in [4.69, 9.17) is 0 Å². The van der Waals surface area contributed by atoms with Gasteiger partial charge in [-0.2, -0.15) is 0 Å². The summed E-state index contributed by atoms with van der Waals surface area (Å²) in [5.41, 5.74) is 3.29. The fourth-order valence-electron chi connectivity index (χ4n) is 2.96. The number of hydrogen-bond donors (Lipinski definition) is 1. The maximum Gasteiger partial charge on any atom is 0.0727 e. The molecule has 1 N–H and O–H groups in total. The zero-order chi connectivity index (χ0) is 15.3. The second kappa shape index (κ2) is 7.14. The van der Waals surface area contributed by atoms with E-state index in [9.17, 15) is 5.11 Å². The molecule has 0 amide bonds. The van der Waals surface area contributed by atoms with Crippen LogP contribution in [0.15, 0.2) is 24.0 Å². The highest BCUT2D eigenvalue weighted by molar-refractivity contribution is 5.03. The molecule has 1 aliphatic rings. The average Bonchev–Trinajstić information content (AvgIpc) is 2.48. The molecule has 4 heteroatoms. The SMILES string of the molecule is CC(C)=CCC1(CO)CCCN(Cc2cnc(C)cn2)C1. The van der Waals surface area contributed by atoms with Crippen molar-refractivity contribution in [2.75, 3.05) is 19.7 Å². The zero-order valence-electron chi connectivity index (χ0n) is 13.5. The molecule has 1 atom stereocenters. The van der Waals surface area contributed by atoms with Crippen LogP contribution in [0.1, 0.15) is 44.5 Å². The zero-order valence-corrected chi connectivity index (χ0v) is 13.5. The van der Waals surface area contributed by atoms with Crippen LogP contribution in [0.5, 0.6) is 0 Å². The number of hydrogen-bond acceptors (Lipinski definition) is 4. The van der Waals surface area contributed by atoms with Crippen molar-refractivity contribution in [1.29, 1.82) is 0 Å². The van der Waals surface area contributed by atoms with Gasteiger partial charge >= 0.3 is 0 Å². The van der Waals surface area contributed by atoms with Crippen LogP contribution in [0.25, 0.3) is 0 Å². The standard InChI is InChI=1S/C17H27N3O/c1-14(2)5-7-17(13-21)6-4-8-20(12-17)11-16-10-18-15(3)9-19-16/h5,9-10,21H,4,6-8,11-13H2,1-3H3. The topological polar surface area (TPSA) is 49.2 Å². The van der Waals surface area contributed by atoms with Gasteiger partial charge in [-0.1, -0.05) is 11.6 Å². The Kier molecular flexibility index (Phi) is 5.48. The Labute approximate surface area is 127 Å². The molecule has 1 fully saturated rings. The van der Waals surface area contributed by atoms with Crippen LogP contribution in [-0.2, 0) is 6.54 Å². The monoisotopic (exact) mass is 289 g/mol. The molecule has 2 heterocycles. The molecule has 1 unspecified atom stereocenters. The molecule has 1 saturated heterocycles. The Morgan fingerprint density at radius 2 is 2.19 bits per heavy atom. The van der Waals surface area contributed by atoms with Crippen molar-refractivity contribution in [3.8, 4) is 0 Å². The smallest absolute Gasteiger partial charge is 0.0727 e. The first kappa shape index (κ1) is 16.1. The number of aliphatic hydroxyl groups excluding tert-OH is 1. The Morgan fingerprint density at radius 3 is 2.81 bits per heavy atom. The van der Waals surface area contributed by atoms with Crippen molar-refractivity contribution in [1.82, 2.24) is 14.9 Å². The Morgan fingerprint density at radius 1 is 1.38 bits per heavy atom. The summed E-state index contributed by atoms with van der Waals surface area (Å²) in [6.45, 7) is 9.28. The van der Waals surface area contributed by atoms with Gasteiger partial charge in [0.05, 0.1) is 18.0 Å². The Balaban J connectivity index is 2.01. The van der Waals surface area contributed by atoms with E-state index in [1.165, 1.54) is 5.57 Å². The van der Waals surface area contributed by atoms with E-state index in [0.29, 0.717) is 0 Å². The summed E-state index contributed by atoms with van der Waals surface area (Å²) in [6.07, 6.45) is 9.13. The van der Waals surface area contributed by atoms with Crippen LogP contribution < -0.4 is 0 Å². The summed E-state index contributed by atoms with van der Waals surface area (Å²) in [6, 6.07) is 0. The van der Waals surface area contributed by atoms with Gasteiger partial charge in [-0.3, -0.25) is 14.9 Å². The first-order valence-corrected chi connectivity index (χ1v) is 7.77. The lowest BCUT2D eigenvalue weighted by atomic mass is 9.77. The maximum absolute atomic E-state index is 9.89. The fraction of sp³-hybridized carbons (Fsp3) is 0.647. The molecule has 2 rings (SSSR count). The minimum absolute atomic E-state index is 0.00758. The minimum Gasteiger partial charge on any atom is -0.396 e. The Bertz CT molecular complexity index is 479. The lowest BCUT2D eigenvalue weighted by Crippen LogP contribution is -2.44.